The van der Waals surface area contributed by atoms with Crippen molar-refractivity contribution in [3.05, 3.63) is 28.2 Å². The number of benzene rings is 1. The van der Waals surface area contributed by atoms with E-state index in [1.54, 1.807) is 0 Å². The van der Waals surface area contributed by atoms with E-state index in [1.165, 1.54) is 7.11 Å². The highest BCUT2D eigenvalue weighted by Gasteiger charge is 2.31. The van der Waals surface area contributed by atoms with E-state index in [9.17, 15) is 4.79 Å². The van der Waals surface area contributed by atoms with Gasteiger partial charge in [-0.15, -0.1) is 0 Å². The van der Waals surface area contributed by atoms with Gasteiger partial charge in [0.25, 0.3) is 0 Å². The summed E-state index contributed by atoms with van der Waals surface area (Å²) >= 11 is 3.45. The van der Waals surface area contributed by atoms with Gasteiger partial charge in [-0.2, -0.15) is 0 Å². The zero-order valence-electron chi connectivity index (χ0n) is 10.4. The molecule has 1 heterocycles. The van der Waals surface area contributed by atoms with Crippen LogP contribution in [0, 0.1) is 6.92 Å². The Balaban J connectivity index is 1.95. The molecule has 0 aliphatic carbocycles. The van der Waals surface area contributed by atoms with Crippen molar-refractivity contribution < 1.29 is 14.3 Å². The van der Waals surface area contributed by atoms with Crippen LogP contribution in [0.5, 0.6) is 5.75 Å². The van der Waals surface area contributed by atoms with Crippen LogP contribution >= 0.6 is 15.9 Å². The van der Waals surface area contributed by atoms with Gasteiger partial charge in [-0.3, -0.25) is 4.79 Å². The van der Waals surface area contributed by atoms with Gasteiger partial charge in [0.1, 0.15) is 17.9 Å². The molecular formula is C13H16BrNO3. The van der Waals surface area contributed by atoms with E-state index in [0.29, 0.717) is 13.0 Å². The highest BCUT2D eigenvalue weighted by Crippen LogP contribution is 2.24. The zero-order chi connectivity index (χ0) is 13.1. The van der Waals surface area contributed by atoms with E-state index < -0.39 is 0 Å². The second-order valence-electron chi connectivity index (χ2n) is 4.37. The Morgan fingerprint density at radius 2 is 2.28 bits per heavy atom. The van der Waals surface area contributed by atoms with Crippen LogP contribution in [0.3, 0.4) is 0 Å². The molecule has 4 nitrogen and oxygen atoms in total. The smallest absolute Gasteiger partial charge is 0.323 e. The number of hydrogen-bond donors (Lipinski definition) is 1. The monoisotopic (exact) mass is 313 g/mol. The van der Waals surface area contributed by atoms with E-state index in [1.807, 2.05) is 25.1 Å². The number of hydrogen-bond acceptors (Lipinski definition) is 4. The van der Waals surface area contributed by atoms with Crippen molar-refractivity contribution in [1.29, 1.82) is 0 Å². The normalized spacial score (nSPS) is 22.8. The van der Waals surface area contributed by atoms with E-state index in [4.69, 9.17) is 9.47 Å². The summed E-state index contributed by atoms with van der Waals surface area (Å²) in [5.41, 5.74) is 1.13. The van der Waals surface area contributed by atoms with Crippen LogP contribution in [0.1, 0.15) is 12.0 Å². The number of rotatable bonds is 3. The van der Waals surface area contributed by atoms with Gasteiger partial charge in [0.05, 0.1) is 7.11 Å². The first-order chi connectivity index (χ1) is 8.60. The number of methoxy groups -OCH3 is 1. The van der Waals surface area contributed by atoms with Crippen LogP contribution in [-0.2, 0) is 9.53 Å². The Kier molecular flexibility index (Phi) is 4.24. The second-order valence-corrected chi connectivity index (χ2v) is 5.22. The summed E-state index contributed by atoms with van der Waals surface area (Å²) in [4.78, 5) is 11.4. The van der Waals surface area contributed by atoms with Crippen LogP contribution in [0.4, 0.5) is 0 Å². The van der Waals surface area contributed by atoms with E-state index >= 15 is 0 Å². The van der Waals surface area contributed by atoms with Crippen molar-refractivity contribution in [3.63, 3.8) is 0 Å². The Labute approximate surface area is 115 Å². The van der Waals surface area contributed by atoms with Gasteiger partial charge < -0.3 is 14.8 Å². The van der Waals surface area contributed by atoms with Crippen LogP contribution in [-0.4, -0.2) is 31.8 Å². The fourth-order valence-corrected chi connectivity index (χ4v) is 2.24. The third-order valence-electron chi connectivity index (χ3n) is 3.01. The maximum Gasteiger partial charge on any atom is 0.323 e. The molecule has 98 valence electrons. The summed E-state index contributed by atoms with van der Waals surface area (Å²) in [5, 5.41) is 3.09. The van der Waals surface area contributed by atoms with Crippen LogP contribution in [0.15, 0.2) is 22.7 Å². The molecular weight excluding hydrogens is 298 g/mol. The average molecular weight is 314 g/mol. The lowest BCUT2D eigenvalue weighted by molar-refractivity contribution is -0.142. The van der Waals surface area contributed by atoms with Gasteiger partial charge in [0, 0.05) is 17.4 Å². The van der Waals surface area contributed by atoms with E-state index in [0.717, 1.165) is 15.8 Å². The molecule has 0 spiro atoms. The number of aryl methyl sites for hydroxylation is 1. The summed E-state index contributed by atoms with van der Waals surface area (Å²) < 4.78 is 11.6. The molecule has 18 heavy (non-hydrogen) atoms. The molecule has 0 bridgehead atoms. The molecule has 0 unspecified atom stereocenters. The molecule has 5 heteroatoms. The molecule has 1 aromatic carbocycles. The average Bonchev–Trinajstić information content (AvgIpc) is 2.81. The van der Waals surface area contributed by atoms with Crippen molar-refractivity contribution in [3.8, 4) is 5.75 Å². The molecule has 1 aliphatic rings. The Bertz CT molecular complexity index is 450. The van der Waals surface area contributed by atoms with Crippen molar-refractivity contribution in [1.82, 2.24) is 5.32 Å². The van der Waals surface area contributed by atoms with Crippen molar-refractivity contribution in [2.45, 2.75) is 25.5 Å². The summed E-state index contributed by atoms with van der Waals surface area (Å²) in [6.07, 6.45) is 0.650. The Hall–Kier alpha value is -1.07. The van der Waals surface area contributed by atoms with Gasteiger partial charge in [0.15, 0.2) is 0 Å². The molecule has 0 amide bonds. The Morgan fingerprint density at radius 3 is 2.94 bits per heavy atom. The number of ether oxygens (including phenoxy) is 2. The third kappa shape index (κ3) is 3.03. The van der Waals surface area contributed by atoms with Crippen molar-refractivity contribution in [2.75, 3.05) is 13.7 Å². The van der Waals surface area contributed by atoms with Crippen molar-refractivity contribution >= 4 is 21.9 Å². The predicted octanol–water partition coefficient (Wildman–Crippen LogP) is 2.04. The maximum atomic E-state index is 11.4. The molecule has 0 radical (unpaired) electrons. The number of esters is 1. The minimum atomic E-state index is -0.253. The zero-order valence-corrected chi connectivity index (χ0v) is 12.0. The highest BCUT2D eigenvalue weighted by molar-refractivity contribution is 9.10. The fourth-order valence-electron chi connectivity index (χ4n) is 2.00. The lowest BCUT2D eigenvalue weighted by Gasteiger charge is -2.13. The summed E-state index contributed by atoms with van der Waals surface area (Å²) in [5.74, 6) is 0.598. The topological polar surface area (TPSA) is 47.6 Å². The lowest BCUT2D eigenvalue weighted by Crippen LogP contribution is -2.31. The SMILES string of the molecule is COC(=O)[C@@H]1C[C@H](Oc2ccc(Br)c(C)c2)CN1. The molecule has 1 fully saturated rings. The maximum absolute atomic E-state index is 11.4. The molecule has 0 saturated carbocycles. The predicted molar refractivity (Wildman–Crippen MR) is 71.7 cm³/mol. The minimum absolute atomic E-state index is 0.00896. The first-order valence-electron chi connectivity index (χ1n) is 5.84. The number of halogens is 1. The van der Waals surface area contributed by atoms with Gasteiger partial charge in [-0.25, -0.2) is 0 Å². The quantitative estimate of drug-likeness (QED) is 0.868. The highest BCUT2D eigenvalue weighted by atomic mass is 79.9. The molecule has 0 aromatic heterocycles. The number of carbonyl (C=O) groups excluding carboxylic acids is 1. The first kappa shape index (κ1) is 13.4. The lowest BCUT2D eigenvalue weighted by atomic mass is 10.2. The van der Waals surface area contributed by atoms with Gasteiger partial charge in [-0.05, 0) is 30.7 Å². The third-order valence-corrected chi connectivity index (χ3v) is 3.90. The Morgan fingerprint density at radius 1 is 1.50 bits per heavy atom. The fraction of sp³-hybridized carbons (Fsp3) is 0.462. The van der Waals surface area contributed by atoms with Crippen molar-refractivity contribution in [2.24, 2.45) is 0 Å². The van der Waals surface area contributed by atoms with E-state index in [-0.39, 0.29) is 18.1 Å². The summed E-state index contributed by atoms with van der Waals surface area (Å²) in [7, 11) is 1.40. The van der Waals surface area contributed by atoms with Crippen LogP contribution in [0.2, 0.25) is 0 Å². The number of nitrogens with one attached hydrogen (secondary N) is 1. The van der Waals surface area contributed by atoms with Crippen LogP contribution in [0.25, 0.3) is 0 Å². The summed E-state index contributed by atoms with van der Waals surface area (Å²) in [6.45, 7) is 2.68. The van der Waals surface area contributed by atoms with Gasteiger partial charge in [-0.1, -0.05) is 15.9 Å². The van der Waals surface area contributed by atoms with Gasteiger partial charge in [0.2, 0.25) is 0 Å². The van der Waals surface area contributed by atoms with Gasteiger partial charge >= 0.3 is 5.97 Å². The van der Waals surface area contributed by atoms with Crippen LogP contribution < -0.4 is 10.1 Å². The first-order valence-corrected chi connectivity index (χ1v) is 6.63. The molecule has 1 N–H and O–H groups in total. The number of carbonyl (C=O) groups is 1. The van der Waals surface area contributed by atoms with E-state index in [2.05, 4.69) is 21.2 Å². The second kappa shape index (κ2) is 5.71. The molecule has 2 rings (SSSR count). The molecule has 1 aromatic rings. The molecule has 1 saturated heterocycles. The summed E-state index contributed by atoms with van der Waals surface area (Å²) in [6, 6.07) is 5.61. The largest absolute Gasteiger partial charge is 0.489 e. The standard InChI is InChI=1S/C13H16BrNO3/c1-8-5-9(3-4-11(8)14)18-10-6-12(15-7-10)13(16)17-2/h3-5,10,12,15H,6-7H2,1-2H3/t10-,12-/m0/s1. The minimum Gasteiger partial charge on any atom is -0.489 e. The molecule has 2 atom stereocenters. The molecule has 1 aliphatic heterocycles.